The van der Waals surface area contributed by atoms with Crippen molar-refractivity contribution in [3.63, 3.8) is 0 Å². The van der Waals surface area contributed by atoms with Crippen LogP contribution >= 0.6 is 0 Å². The fourth-order valence-electron chi connectivity index (χ4n) is 2.58. The smallest absolute Gasteiger partial charge is 0.255 e. The van der Waals surface area contributed by atoms with Gasteiger partial charge in [0.2, 0.25) is 10.0 Å². The first kappa shape index (κ1) is 20.0. The van der Waals surface area contributed by atoms with Gasteiger partial charge in [-0.3, -0.25) is 9.52 Å². The van der Waals surface area contributed by atoms with E-state index in [-0.39, 0.29) is 5.91 Å². The van der Waals surface area contributed by atoms with Gasteiger partial charge in [0.15, 0.2) is 11.5 Å². The van der Waals surface area contributed by atoms with Crippen molar-refractivity contribution in [3.8, 4) is 11.5 Å². The molecule has 0 saturated carbocycles. The van der Waals surface area contributed by atoms with Crippen LogP contribution in [0.3, 0.4) is 0 Å². The Balaban J connectivity index is 1.74. The Kier molecular flexibility index (Phi) is 5.25. The van der Waals surface area contributed by atoms with Gasteiger partial charge in [-0.1, -0.05) is 0 Å². The summed E-state index contributed by atoms with van der Waals surface area (Å²) < 4.78 is 37.2. The number of carbonyl (C=O) groups is 1. The summed E-state index contributed by atoms with van der Waals surface area (Å²) in [5.74, 6) is 0.998. The van der Waals surface area contributed by atoms with E-state index in [9.17, 15) is 13.2 Å². The number of benzene rings is 2. The lowest BCUT2D eigenvalue weighted by atomic mass is 10.1. The lowest BCUT2D eigenvalue weighted by Gasteiger charge is -2.22. The van der Waals surface area contributed by atoms with E-state index in [1.807, 2.05) is 6.92 Å². The molecule has 0 radical (unpaired) electrons. The van der Waals surface area contributed by atoms with E-state index in [1.54, 1.807) is 57.2 Å². The van der Waals surface area contributed by atoms with Crippen LogP contribution < -0.4 is 19.5 Å². The summed E-state index contributed by atoms with van der Waals surface area (Å²) >= 11 is 0. The zero-order valence-corrected chi connectivity index (χ0v) is 17.1. The molecular formula is C20H24N2O5S. The number of rotatable bonds is 4. The molecule has 1 amide bonds. The van der Waals surface area contributed by atoms with Crippen molar-refractivity contribution >= 4 is 27.3 Å². The Morgan fingerprint density at radius 1 is 1.00 bits per heavy atom. The monoisotopic (exact) mass is 404 g/mol. The van der Waals surface area contributed by atoms with Gasteiger partial charge in [-0.2, -0.15) is 0 Å². The molecule has 7 nitrogen and oxygen atoms in total. The van der Waals surface area contributed by atoms with E-state index in [1.165, 1.54) is 0 Å². The highest BCUT2D eigenvalue weighted by Crippen LogP contribution is 2.37. The second-order valence-corrected chi connectivity index (χ2v) is 9.95. The molecule has 1 heterocycles. The minimum Gasteiger partial charge on any atom is -0.486 e. The van der Waals surface area contributed by atoms with Crippen LogP contribution in [-0.2, 0) is 10.0 Å². The van der Waals surface area contributed by atoms with Crippen molar-refractivity contribution < 1.29 is 22.7 Å². The summed E-state index contributed by atoms with van der Waals surface area (Å²) in [4.78, 5) is 12.6. The number of carbonyl (C=O) groups excluding carboxylic acids is 1. The van der Waals surface area contributed by atoms with Crippen LogP contribution in [0.15, 0.2) is 36.4 Å². The lowest BCUT2D eigenvalue weighted by molar-refractivity contribution is 0.102. The first-order valence-corrected chi connectivity index (χ1v) is 10.4. The second kappa shape index (κ2) is 7.35. The van der Waals surface area contributed by atoms with Crippen LogP contribution in [0.25, 0.3) is 0 Å². The topological polar surface area (TPSA) is 93.7 Å². The Bertz CT molecular complexity index is 992. The molecule has 0 fully saturated rings. The second-order valence-electron chi connectivity index (χ2n) is 7.51. The number of sulfonamides is 1. The molecule has 0 atom stereocenters. The molecule has 0 bridgehead atoms. The average molecular weight is 404 g/mol. The SMILES string of the molecule is Cc1c(NC(=O)c2ccc(NS(=O)(=O)C(C)(C)C)cc2)ccc2c1OCCO2. The summed E-state index contributed by atoms with van der Waals surface area (Å²) in [6.07, 6.45) is 0. The highest BCUT2D eigenvalue weighted by molar-refractivity contribution is 7.94. The fraction of sp³-hybridized carbons (Fsp3) is 0.350. The van der Waals surface area contributed by atoms with Crippen molar-refractivity contribution in [2.75, 3.05) is 23.3 Å². The standard InChI is InChI=1S/C20H24N2O5S/c1-13-16(9-10-17-18(13)27-12-11-26-17)21-19(23)14-5-7-15(8-6-14)22-28(24,25)20(2,3)4/h5-10,22H,11-12H2,1-4H3,(H,21,23). The van der Waals surface area contributed by atoms with Crippen molar-refractivity contribution in [2.45, 2.75) is 32.4 Å². The third kappa shape index (κ3) is 4.06. The van der Waals surface area contributed by atoms with Crippen LogP contribution in [0.5, 0.6) is 11.5 Å². The molecule has 1 aliphatic rings. The van der Waals surface area contributed by atoms with Gasteiger partial charge >= 0.3 is 0 Å². The molecule has 3 rings (SSSR count). The van der Waals surface area contributed by atoms with Crippen molar-refractivity contribution in [2.24, 2.45) is 0 Å². The maximum atomic E-state index is 12.6. The molecule has 1 aliphatic heterocycles. The molecule has 28 heavy (non-hydrogen) atoms. The highest BCUT2D eigenvalue weighted by atomic mass is 32.2. The van der Waals surface area contributed by atoms with Gasteiger partial charge in [0, 0.05) is 22.5 Å². The highest BCUT2D eigenvalue weighted by Gasteiger charge is 2.28. The van der Waals surface area contributed by atoms with Crippen molar-refractivity contribution in [1.29, 1.82) is 0 Å². The normalized spacial score (nSPS) is 13.7. The zero-order chi connectivity index (χ0) is 20.5. The molecule has 0 unspecified atom stereocenters. The molecule has 0 aliphatic carbocycles. The van der Waals surface area contributed by atoms with E-state index in [4.69, 9.17) is 9.47 Å². The fourth-order valence-corrected chi connectivity index (χ4v) is 3.34. The number of fused-ring (bicyclic) bond motifs is 1. The Morgan fingerprint density at radius 2 is 1.64 bits per heavy atom. The molecule has 0 saturated heterocycles. The van der Waals surface area contributed by atoms with Gasteiger partial charge in [-0.05, 0) is 64.1 Å². The van der Waals surface area contributed by atoms with Gasteiger partial charge in [0.25, 0.3) is 5.91 Å². The number of hydrogen-bond donors (Lipinski definition) is 2. The Hall–Kier alpha value is -2.74. The maximum absolute atomic E-state index is 12.6. The predicted octanol–water partition coefficient (Wildman–Crippen LogP) is 3.56. The Morgan fingerprint density at radius 3 is 2.29 bits per heavy atom. The molecule has 2 aromatic carbocycles. The molecule has 8 heteroatoms. The van der Waals surface area contributed by atoms with E-state index in [0.717, 1.165) is 5.56 Å². The quantitative estimate of drug-likeness (QED) is 0.813. The largest absolute Gasteiger partial charge is 0.486 e. The van der Waals surface area contributed by atoms with Gasteiger partial charge in [-0.15, -0.1) is 0 Å². The molecular weight excluding hydrogens is 380 g/mol. The number of anilines is 2. The number of ether oxygens (including phenoxy) is 2. The molecule has 0 spiro atoms. The number of hydrogen-bond acceptors (Lipinski definition) is 5. The minimum absolute atomic E-state index is 0.301. The van der Waals surface area contributed by atoms with Gasteiger partial charge in [0.05, 0.1) is 4.75 Å². The summed E-state index contributed by atoms with van der Waals surface area (Å²) in [5, 5.41) is 2.86. The van der Waals surface area contributed by atoms with Gasteiger partial charge in [0.1, 0.15) is 13.2 Å². The molecule has 2 N–H and O–H groups in total. The summed E-state index contributed by atoms with van der Waals surface area (Å²) in [6.45, 7) is 7.68. The van der Waals surface area contributed by atoms with E-state index in [2.05, 4.69) is 10.0 Å². The van der Waals surface area contributed by atoms with Crippen LogP contribution in [0.4, 0.5) is 11.4 Å². The zero-order valence-electron chi connectivity index (χ0n) is 16.3. The predicted molar refractivity (Wildman–Crippen MR) is 109 cm³/mol. The van der Waals surface area contributed by atoms with Gasteiger partial charge < -0.3 is 14.8 Å². The summed E-state index contributed by atoms with van der Waals surface area (Å²) in [7, 11) is -3.52. The maximum Gasteiger partial charge on any atom is 0.255 e. The van der Waals surface area contributed by atoms with Crippen LogP contribution in [0, 0.1) is 6.92 Å². The van der Waals surface area contributed by atoms with Crippen LogP contribution in [-0.4, -0.2) is 32.3 Å². The van der Waals surface area contributed by atoms with Gasteiger partial charge in [-0.25, -0.2) is 8.42 Å². The summed E-state index contributed by atoms with van der Waals surface area (Å²) in [6, 6.07) is 9.81. The third-order valence-corrected chi connectivity index (χ3v) is 6.53. The van der Waals surface area contributed by atoms with E-state index in [0.29, 0.717) is 41.7 Å². The number of amides is 1. The average Bonchev–Trinajstić information content (AvgIpc) is 2.63. The molecule has 150 valence electrons. The molecule has 2 aromatic rings. The van der Waals surface area contributed by atoms with Crippen LogP contribution in [0.1, 0.15) is 36.7 Å². The molecule has 0 aromatic heterocycles. The first-order valence-electron chi connectivity index (χ1n) is 8.91. The van der Waals surface area contributed by atoms with Crippen LogP contribution in [0.2, 0.25) is 0 Å². The third-order valence-electron chi connectivity index (χ3n) is 4.41. The minimum atomic E-state index is -3.52. The Labute approximate surface area is 165 Å². The summed E-state index contributed by atoms with van der Waals surface area (Å²) in [5.41, 5.74) is 2.24. The number of nitrogens with one attached hydrogen (secondary N) is 2. The van der Waals surface area contributed by atoms with E-state index >= 15 is 0 Å². The first-order chi connectivity index (χ1) is 13.1. The van der Waals surface area contributed by atoms with E-state index < -0.39 is 14.8 Å². The van der Waals surface area contributed by atoms with Crippen molar-refractivity contribution in [1.82, 2.24) is 0 Å². The van der Waals surface area contributed by atoms with Crippen molar-refractivity contribution in [3.05, 3.63) is 47.5 Å². The lowest BCUT2D eigenvalue weighted by Crippen LogP contribution is -2.33.